The van der Waals surface area contributed by atoms with E-state index in [1.54, 1.807) is 0 Å². The van der Waals surface area contributed by atoms with Crippen LogP contribution < -0.4 is 5.32 Å². The minimum Gasteiger partial charge on any atom is -0.315 e. The lowest BCUT2D eigenvalue weighted by Gasteiger charge is -2.39. The molecule has 1 fully saturated rings. The molecule has 1 N–H and O–H groups in total. The van der Waals surface area contributed by atoms with Gasteiger partial charge < -0.3 is 5.32 Å². The normalized spacial score (nSPS) is 22.9. The van der Waals surface area contributed by atoms with Crippen molar-refractivity contribution in [2.45, 2.75) is 45.2 Å². The molecule has 0 aromatic carbocycles. The van der Waals surface area contributed by atoms with Gasteiger partial charge in [0.1, 0.15) is 0 Å². The lowest BCUT2D eigenvalue weighted by Crippen LogP contribution is -2.47. The summed E-state index contributed by atoms with van der Waals surface area (Å²) in [5.74, 6) is 0. The van der Waals surface area contributed by atoms with Gasteiger partial charge in [0.15, 0.2) is 0 Å². The van der Waals surface area contributed by atoms with Gasteiger partial charge >= 0.3 is 0 Å². The fourth-order valence-corrected chi connectivity index (χ4v) is 3.86. The molecule has 2 unspecified atom stereocenters. The number of nitrogens with one attached hydrogen (secondary N) is 1. The highest BCUT2D eigenvalue weighted by atomic mass is 32.1. The van der Waals surface area contributed by atoms with E-state index >= 15 is 0 Å². The van der Waals surface area contributed by atoms with Crippen molar-refractivity contribution in [3.05, 3.63) is 22.4 Å². The van der Waals surface area contributed by atoms with Gasteiger partial charge in [-0.15, -0.1) is 11.3 Å². The van der Waals surface area contributed by atoms with Crippen molar-refractivity contribution in [3.63, 3.8) is 0 Å². The molecule has 3 heteroatoms. The van der Waals surface area contributed by atoms with Crippen molar-refractivity contribution in [1.29, 1.82) is 0 Å². The first-order valence-electron chi connectivity index (χ1n) is 6.86. The van der Waals surface area contributed by atoms with Gasteiger partial charge in [-0.1, -0.05) is 19.9 Å². The molecule has 0 saturated carbocycles. The summed E-state index contributed by atoms with van der Waals surface area (Å²) in [5.41, 5.74) is 0. The van der Waals surface area contributed by atoms with Gasteiger partial charge in [0.05, 0.1) is 0 Å². The van der Waals surface area contributed by atoms with E-state index in [2.05, 4.69) is 41.6 Å². The highest BCUT2D eigenvalue weighted by molar-refractivity contribution is 7.10. The molecule has 0 bridgehead atoms. The van der Waals surface area contributed by atoms with Crippen LogP contribution >= 0.6 is 11.3 Å². The van der Waals surface area contributed by atoms with Crippen LogP contribution in [0.5, 0.6) is 0 Å². The molecule has 1 saturated heterocycles. The number of hydrogen-bond donors (Lipinski definition) is 1. The van der Waals surface area contributed by atoms with Gasteiger partial charge in [-0.25, -0.2) is 0 Å². The van der Waals surface area contributed by atoms with E-state index in [-0.39, 0.29) is 0 Å². The fourth-order valence-electron chi connectivity index (χ4n) is 2.93. The second kappa shape index (κ2) is 6.53. The van der Waals surface area contributed by atoms with Crippen LogP contribution in [-0.4, -0.2) is 30.6 Å². The monoisotopic (exact) mass is 252 g/mol. The molecule has 96 valence electrons. The van der Waals surface area contributed by atoms with E-state index in [1.807, 2.05) is 11.3 Å². The van der Waals surface area contributed by atoms with Gasteiger partial charge in [-0.3, -0.25) is 4.90 Å². The second-order valence-corrected chi connectivity index (χ2v) is 5.75. The Morgan fingerprint density at radius 1 is 1.53 bits per heavy atom. The van der Waals surface area contributed by atoms with Crippen molar-refractivity contribution in [2.24, 2.45) is 0 Å². The van der Waals surface area contributed by atoms with E-state index in [0.717, 1.165) is 19.1 Å². The minimum absolute atomic E-state index is 0.616. The molecular formula is C14H24N2S. The summed E-state index contributed by atoms with van der Waals surface area (Å²) in [6.45, 7) is 8.12. The third kappa shape index (κ3) is 3.09. The summed E-state index contributed by atoms with van der Waals surface area (Å²) in [6.07, 6.45) is 3.88. The Morgan fingerprint density at radius 2 is 2.41 bits per heavy atom. The van der Waals surface area contributed by atoms with Gasteiger partial charge in [-0.2, -0.15) is 0 Å². The fraction of sp³-hybridized carbons (Fsp3) is 0.714. The minimum atomic E-state index is 0.616. The van der Waals surface area contributed by atoms with Gasteiger partial charge in [-0.05, 0) is 43.8 Å². The average molecular weight is 252 g/mol. The first-order valence-corrected chi connectivity index (χ1v) is 7.74. The maximum Gasteiger partial charge on any atom is 0.0442 e. The average Bonchev–Trinajstić information content (AvgIpc) is 2.90. The first kappa shape index (κ1) is 13.1. The van der Waals surface area contributed by atoms with Gasteiger partial charge in [0.25, 0.3) is 0 Å². The van der Waals surface area contributed by atoms with Crippen LogP contribution in [0.1, 0.15) is 44.0 Å². The number of thiophene rings is 1. The molecule has 2 rings (SSSR count). The Labute approximate surface area is 109 Å². The molecule has 1 aromatic heterocycles. The van der Waals surface area contributed by atoms with E-state index < -0.39 is 0 Å². The van der Waals surface area contributed by atoms with Crippen LogP contribution in [-0.2, 0) is 0 Å². The van der Waals surface area contributed by atoms with Crippen LogP contribution in [0.4, 0.5) is 0 Å². The summed E-state index contributed by atoms with van der Waals surface area (Å²) >= 11 is 1.90. The molecule has 0 aliphatic carbocycles. The predicted octanol–water partition coefficient (Wildman–Crippen LogP) is 3.27. The molecule has 2 nitrogen and oxygen atoms in total. The number of hydrogen-bond acceptors (Lipinski definition) is 3. The van der Waals surface area contributed by atoms with Crippen LogP contribution in [0.15, 0.2) is 17.5 Å². The number of nitrogens with zero attached hydrogens (tertiary/aromatic N) is 1. The number of piperidine rings is 1. The topological polar surface area (TPSA) is 15.3 Å². The molecule has 0 amide bonds. The Balaban J connectivity index is 2.09. The third-order valence-electron chi connectivity index (χ3n) is 3.76. The molecule has 0 radical (unpaired) electrons. The van der Waals surface area contributed by atoms with Crippen LogP contribution in [0.25, 0.3) is 0 Å². The summed E-state index contributed by atoms with van der Waals surface area (Å²) in [6, 6.07) is 5.80. The number of likely N-dealkylation sites (N-methyl/N-ethyl adjacent to an activating group) is 1. The lowest BCUT2D eigenvalue weighted by atomic mass is 10.0. The highest BCUT2D eigenvalue weighted by Gasteiger charge is 2.26. The summed E-state index contributed by atoms with van der Waals surface area (Å²) in [5, 5.41) is 5.73. The van der Waals surface area contributed by atoms with E-state index in [9.17, 15) is 0 Å². The Hall–Kier alpha value is -0.380. The van der Waals surface area contributed by atoms with Gasteiger partial charge in [0, 0.05) is 23.5 Å². The van der Waals surface area contributed by atoms with Crippen molar-refractivity contribution in [2.75, 3.05) is 19.6 Å². The summed E-state index contributed by atoms with van der Waals surface area (Å²) < 4.78 is 0. The smallest absolute Gasteiger partial charge is 0.0442 e. The Kier molecular flexibility index (Phi) is 5.01. The van der Waals surface area contributed by atoms with Crippen molar-refractivity contribution in [1.82, 2.24) is 10.2 Å². The molecular weight excluding hydrogens is 228 g/mol. The first-order chi connectivity index (χ1) is 8.36. The number of rotatable bonds is 5. The largest absolute Gasteiger partial charge is 0.315 e. The quantitative estimate of drug-likeness (QED) is 0.865. The highest BCUT2D eigenvalue weighted by Crippen LogP contribution is 2.30. The zero-order valence-electron chi connectivity index (χ0n) is 11.0. The maximum atomic E-state index is 3.54. The second-order valence-electron chi connectivity index (χ2n) is 4.77. The zero-order valence-corrected chi connectivity index (χ0v) is 11.8. The molecule has 0 spiro atoms. The molecule has 1 aliphatic heterocycles. The van der Waals surface area contributed by atoms with Gasteiger partial charge in [0.2, 0.25) is 0 Å². The van der Waals surface area contributed by atoms with Crippen LogP contribution in [0.3, 0.4) is 0 Å². The van der Waals surface area contributed by atoms with Crippen LogP contribution in [0, 0.1) is 0 Å². The zero-order chi connectivity index (χ0) is 12.1. The molecule has 2 atom stereocenters. The molecule has 1 aromatic rings. The standard InChI is InChI=1S/C14H24N2S/c1-3-13(14-8-6-10-17-14)16(4-2)12-7-5-9-15-11-12/h6,8,10,12-13,15H,3-5,7,9,11H2,1-2H3. The van der Waals surface area contributed by atoms with E-state index in [0.29, 0.717) is 6.04 Å². The molecule has 17 heavy (non-hydrogen) atoms. The predicted molar refractivity (Wildman–Crippen MR) is 75.6 cm³/mol. The Bertz CT molecular complexity index is 304. The third-order valence-corrected chi connectivity index (χ3v) is 4.74. The van der Waals surface area contributed by atoms with E-state index in [1.165, 1.54) is 30.7 Å². The van der Waals surface area contributed by atoms with Crippen molar-refractivity contribution in [3.8, 4) is 0 Å². The van der Waals surface area contributed by atoms with Crippen molar-refractivity contribution < 1.29 is 0 Å². The van der Waals surface area contributed by atoms with Crippen LogP contribution in [0.2, 0.25) is 0 Å². The Morgan fingerprint density at radius 3 is 2.94 bits per heavy atom. The lowest BCUT2D eigenvalue weighted by molar-refractivity contribution is 0.117. The maximum absolute atomic E-state index is 3.54. The molecule has 1 aliphatic rings. The summed E-state index contributed by atoms with van der Waals surface area (Å²) in [7, 11) is 0. The summed E-state index contributed by atoms with van der Waals surface area (Å²) in [4.78, 5) is 4.22. The molecule has 2 heterocycles. The van der Waals surface area contributed by atoms with Crippen molar-refractivity contribution >= 4 is 11.3 Å². The SMILES string of the molecule is CCC(c1cccs1)N(CC)C1CCCNC1. The van der Waals surface area contributed by atoms with E-state index in [4.69, 9.17) is 0 Å².